The predicted molar refractivity (Wildman–Crippen MR) is 135 cm³/mol. The van der Waals surface area contributed by atoms with Crippen LogP contribution in [0.25, 0.3) is 5.76 Å². The molecule has 2 atom stereocenters. The number of halogens is 1. The van der Waals surface area contributed by atoms with Gasteiger partial charge in [0.05, 0.1) is 24.4 Å². The molecule has 0 saturated carbocycles. The van der Waals surface area contributed by atoms with E-state index in [1.54, 1.807) is 49.4 Å². The maximum Gasteiger partial charge on any atom is 0.350 e. The number of Topliss-reactive ketones (excluding diaryl/α,β-unsaturated/α-hetero) is 1. The van der Waals surface area contributed by atoms with Gasteiger partial charge >= 0.3 is 11.9 Å². The van der Waals surface area contributed by atoms with Crippen LogP contribution in [-0.2, 0) is 20.7 Å². The number of ketones is 1. The van der Waals surface area contributed by atoms with Gasteiger partial charge < -0.3 is 14.6 Å². The summed E-state index contributed by atoms with van der Waals surface area (Å²) in [6.07, 6.45) is 0.670. The summed E-state index contributed by atoms with van der Waals surface area (Å²) < 4.78 is 10.6. The Hall–Kier alpha value is -3.69. The smallest absolute Gasteiger partial charge is 0.350 e. The molecule has 2 aliphatic heterocycles. The van der Waals surface area contributed by atoms with Gasteiger partial charge in [-0.25, -0.2) is 9.78 Å². The van der Waals surface area contributed by atoms with Crippen LogP contribution in [0.1, 0.15) is 45.0 Å². The number of aliphatic hydroxyl groups is 1. The lowest BCUT2D eigenvalue weighted by molar-refractivity contribution is -0.132. The molecule has 10 heteroatoms. The van der Waals surface area contributed by atoms with Gasteiger partial charge in [0.1, 0.15) is 22.5 Å². The predicted octanol–water partition coefficient (Wildman–Crippen LogP) is 4.84. The maximum absolute atomic E-state index is 13.4. The molecule has 1 saturated heterocycles. The number of amides is 1. The van der Waals surface area contributed by atoms with Gasteiger partial charge in [-0.3, -0.25) is 14.5 Å². The number of carbonyl (C=O) groups is 3. The first-order chi connectivity index (χ1) is 17.2. The number of nitrogens with zero attached hydrogens (tertiary/aromatic N) is 2. The van der Waals surface area contributed by atoms with Gasteiger partial charge in [-0.15, -0.1) is 0 Å². The number of esters is 1. The van der Waals surface area contributed by atoms with Crippen molar-refractivity contribution in [1.82, 2.24) is 4.98 Å². The summed E-state index contributed by atoms with van der Waals surface area (Å²) in [5.74, 6) is -1.93. The summed E-state index contributed by atoms with van der Waals surface area (Å²) in [6.45, 7) is 3.56. The third-order valence-corrected chi connectivity index (χ3v) is 7.51. The summed E-state index contributed by atoms with van der Waals surface area (Å²) in [4.78, 5) is 44.7. The first kappa shape index (κ1) is 24.0. The van der Waals surface area contributed by atoms with E-state index in [1.807, 2.05) is 6.92 Å². The molecule has 1 aromatic heterocycles. The number of rotatable bonds is 4. The average Bonchev–Trinajstić information content (AvgIpc) is 3.50. The minimum atomic E-state index is -1.01. The van der Waals surface area contributed by atoms with Crippen molar-refractivity contribution in [1.29, 1.82) is 0 Å². The Balaban J connectivity index is 1.69. The molecule has 36 heavy (non-hydrogen) atoms. The van der Waals surface area contributed by atoms with Gasteiger partial charge in [-0.05, 0) is 55.3 Å². The molecule has 2 aromatic carbocycles. The van der Waals surface area contributed by atoms with E-state index >= 15 is 0 Å². The number of hydrogen-bond donors (Lipinski definition) is 1. The normalized spacial score (nSPS) is 20.4. The van der Waals surface area contributed by atoms with Crippen molar-refractivity contribution in [2.45, 2.75) is 32.4 Å². The first-order valence-corrected chi connectivity index (χ1v) is 12.3. The number of ether oxygens (including phenoxy) is 2. The van der Waals surface area contributed by atoms with E-state index in [4.69, 9.17) is 21.1 Å². The average molecular weight is 525 g/mol. The number of aryl methyl sites for hydroxylation is 1. The molecule has 0 spiro atoms. The van der Waals surface area contributed by atoms with E-state index in [9.17, 15) is 19.5 Å². The molecular weight excluding hydrogens is 504 g/mol. The highest BCUT2D eigenvalue weighted by Gasteiger charge is 2.48. The summed E-state index contributed by atoms with van der Waals surface area (Å²) in [6, 6.07) is 10.8. The lowest BCUT2D eigenvalue weighted by atomic mass is 9.94. The van der Waals surface area contributed by atoms with Crippen LogP contribution in [0.5, 0.6) is 5.75 Å². The van der Waals surface area contributed by atoms with Crippen LogP contribution < -0.4 is 9.64 Å². The fraction of sp³-hybridized carbons (Fsp3) is 0.231. The van der Waals surface area contributed by atoms with E-state index in [0.717, 1.165) is 22.6 Å². The third kappa shape index (κ3) is 3.94. The Morgan fingerprint density at radius 2 is 2.03 bits per heavy atom. The van der Waals surface area contributed by atoms with Crippen molar-refractivity contribution in [2.24, 2.45) is 0 Å². The Morgan fingerprint density at radius 3 is 2.75 bits per heavy atom. The standard InChI is InChI=1S/C26H21ClN2O6S/c1-12-9-16-10-15(7-8-18(16)35-12)21(30)19-20(14-5-4-6-17(27)11-14)29(24(32)22(19)31)26-28-13(2)23(36-26)25(33)34-3/h4-8,10-12,20,30H,9H2,1-3H3/b21-19+. The van der Waals surface area contributed by atoms with Gasteiger partial charge in [0, 0.05) is 17.0 Å². The van der Waals surface area contributed by atoms with Crippen molar-refractivity contribution < 1.29 is 29.0 Å². The Morgan fingerprint density at radius 1 is 1.25 bits per heavy atom. The molecule has 184 valence electrons. The van der Waals surface area contributed by atoms with E-state index in [-0.39, 0.29) is 27.4 Å². The second-order valence-electron chi connectivity index (χ2n) is 8.58. The lowest BCUT2D eigenvalue weighted by Crippen LogP contribution is -2.29. The molecule has 3 aromatic rings. The molecule has 1 N–H and O–H groups in total. The van der Waals surface area contributed by atoms with Crippen LogP contribution in [0.2, 0.25) is 5.02 Å². The van der Waals surface area contributed by atoms with Gasteiger partial charge in [0.15, 0.2) is 5.13 Å². The van der Waals surface area contributed by atoms with Crippen LogP contribution in [0, 0.1) is 6.92 Å². The molecule has 1 fully saturated rings. The van der Waals surface area contributed by atoms with Crippen molar-refractivity contribution in [2.75, 3.05) is 12.0 Å². The first-order valence-electron chi connectivity index (χ1n) is 11.1. The van der Waals surface area contributed by atoms with Crippen LogP contribution in [0.15, 0.2) is 48.0 Å². The summed E-state index contributed by atoms with van der Waals surface area (Å²) in [5, 5.41) is 11.9. The van der Waals surface area contributed by atoms with Gasteiger partial charge in [-0.2, -0.15) is 0 Å². The molecular formula is C26H21ClN2O6S. The zero-order chi connectivity index (χ0) is 25.7. The zero-order valence-corrected chi connectivity index (χ0v) is 21.1. The molecule has 2 aliphatic rings. The van der Waals surface area contributed by atoms with E-state index in [2.05, 4.69) is 4.98 Å². The number of aliphatic hydroxyl groups excluding tert-OH is 1. The van der Waals surface area contributed by atoms with Crippen molar-refractivity contribution in [3.63, 3.8) is 0 Å². The van der Waals surface area contributed by atoms with E-state index in [0.29, 0.717) is 28.3 Å². The van der Waals surface area contributed by atoms with Gasteiger partial charge in [0.25, 0.3) is 5.78 Å². The highest BCUT2D eigenvalue weighted by molar-refractivity contribution is 7.17. The minimum Gasteiger partial charge on any atom is -0.507 e. The topological polar surface area (TPSA) is 106 Å². The van der Waals surface area contributed by atoms with Crippen LogP contribution >= 0.6 is 22.9 Å². The molecule has 0 aliphatic carbocycles. The molecule has 5 rings (SSSR count). The minimum absolute atomic E-state index is 0.00610. The highest BCUT2D eigenvalue weighted by atomic mass is 35.5. The number of aromatic nitrogens is 1. The fourth-order valence-electron chi connectivity index (χ4n) is 4.51. The Bertz CT molecular complexity index is 1460. The molecule has 0 bridgehead atoms. The molecule has 0 radical (unpaired) electrons. The number of anilines is 1. The zero-order valence-electron chi connectivity index (χ0n) is 19.6. The van der Waals surface area contributed by atoms with Crippen molar-refractivity contribution in [3.8, 4) is 5.75 Å². The number of fused-ring (bicyclic) bond motifs is 1. The van der Waals surface area contributed by atoms with Crippen LogP contribution in [0.3, 0.4) is 0 Å². The summed E-state index contributed by atoms with van der Waals surface area (Å²) in [5.41, 5.74) is 2.07. The number of methoxy groups -OCH3 is 1. The fourth-order valence-corrected chi connectivity index (χ4v) is 5.72. The Kier molecular flexibility index (Phi) is 6.05. The van der Waals surface area contributed by atoms with E-state index in [1.165, 1.54) is 12.0 Å². The number of carbonyl (C=O) groups excluding carboxylic acids is 3. The number of benzene rings is 2. The SMILES string of the molecule is COC(=O)c1sc(N2C(=O)C(=O)/C(=C(/O)c3ccc4c(c3)CC(C)O4)C2c2cccc(Cl)c2)nc1C. The monoisotopic (exact) mass is 524 g/mol. The van der Waals surface area contributed by atoms with Gasteiger partial charge in [-0.1, -0.05) is 35.1 Å². The van der Waals surface area contributed by atoms with Crippen LogP contribution in [-0.4, -0.2) is 41.0 Å². The molecule has 2 unspecified atom stereocenters. The van der Waals surface area contributed by atoms with E-state index < -0.39 is 23.7 Å². The summed E-state index contributed by atoms with van der Waals surface area (Å²) >= 11 is 7.18. The second kappa shape index (κ2) is 9.07. The third-order valence-electron chi connectivity index (χ3n) is 6.14. The maximum atomic E-state index is 13.4. The summed E-state index contributed by atoms with van der Waals surface area (Å²) in [7, 11) is 1.25. The second-order valence-corrected chi connectivity index (χ2v) is 10.00. The van der Waals surface area contributed by atoms with Crippen LogP contribution in [0.4, 0.5) is 5.13 Å². The number of thiazole rings is 1. The van der Waals surface area contributed by atoms with Crippen molar-refractivity contribution in [3.05, 3.63) is 80.3 Å². The highest BCUT2D eigenvalue weighted by Crippen LogP contribution is 2.44. The largest absolute Gasteiger partial charge is 0.507 e. The molecule has 1 amide bonds. The lowest BCUT2D eigenvalue weighted by Gasteiger charge is -2.23. The molecule has 3 heterocycles. The Labute approximate surface area is 215 Å². The van der Waals surface area contributed by atoms with Crippen molar-refractivity contribution >= 4 is 51.5 Å². The quantitative estimate of drug-likeness (QED) is 0.225. The molecule has 8 nitrogen and oxygen atoms in total. The van der Waals surface area contributed by atoms with Gasteiger partial charge in [0.2, 0.25) is 0 Å². The number of hydrogen-bond acceptors (Lipinski definition) is 8.